The number of ether oxygens (including phenoxy) is 1. The molecule has 0 aliphatic rings. The highest BCUT2D eigenvalue weighted by Gasteiger charge is 2.21. The van der Waals surface area contributed by atoms with Crippen LogP contribution in [0.1, 0.15) is 37.6 Å². The molecule has 12 heteroatoms. The fourth-order valence-corrected chi connectivity index (χ4v) is 3.93. The van der Waals surface area contributed by atoms with Gasteiger partial charge in [0.05, 0.1) is 26.5 Å². The molecule has 0 unspecified atom stereocenters. The average molecular weight is 582 g/mol. The van der Waals surface area contributed by atoms with Crippen LogP contribution in [0, 0.1) is 10.1 Å². The Labute approximate surface area is 204 Å². The van der Waals surface area contributed by atoms with Crippen molar-refractivity contribution in [2.75, 3.05) is 6.61 Å². The molecule has 3 rings (SSSR count). The van der Waals surface area contributed by atoms with E-state index in [1.54, 1.807) is 18.2 Å². The molecule has 10 nitrogen and oxygen atoms in total. The first kappa shape index (κ1) is 24.5. The molecule has 0 amide bonds. The molecular weight excluding hydrogens is 564 g/mol. The number of benzene rings is 2. The van der Waals surface area contributed by atoms with Crippen molar-refractivity contribution in [3.63, 3.8) is 0 Å². The number of halogens is 2. The lowest BCUT2D eigenvalue weighted by molar-refractivity contribution is -0.385. The number of carbonyl (C=O) groups is 1. The highest BCUT2D eigenvalue weighted by molar-refractivity contribution is 9.10. The Morgan fingerprint density at radius 2 is 2.09 bits per heavy atom. The Balaban J connectivity index is 2.13. The van der Waals surface area contributed by atoms with Crippen molar-refractivity contribution in [2.24, 2.45) is 5.10 Å². The number of nitro benzene ring substituents is 1. The molecule has 0 saturated heterocycles. The van der Waals surface area contributed by atoms with Crippen LogP contribution in [-0.2, 0) is 4.79 Å². The summed E-state index contributed by atoms with van der Waals surface area (Å²) in [5.41, 5.74) is 0.0285. The van der Waals surface area contributed by atoms with Crippen LogP contribution in [0.2, 0.25) is 0 Å². The minimum atomic E-state index is -1.27. The summed E-state index contributed by atoms with van der Waals surface area (Å²) in [6.07, 6.45) is 2.02. The number of nitrogens with zero attached hydrogens (tertiary/aromatic N) is 4. The van der Waals surface area contributed by atoms with E-state index in [2.05, 4.69) is 41.9 Å². The zero-order chi connectivity index (χ0) is 24.3. The summed E-state index contributed by atoms with van der Waals surface area (Å²) in [7, 11) is 0. The topological polar surface area (TPSA) is 137 Å². The molecule has 172 valence electrons. The fraction of sp³-hybridized carbons (Fsp3) is 0.238. The predicted molar refractivity (Wildman–Crippen MR) is 129 cm³/mol. The van der Waals surface area contributed by atoms with Gasteiger partial charge in [-0.25, -0.2) is 9.78 Å². The Bertz CT molecular complexity index is 1340. The maximum Gasteiger partial charge on any atom is 0.341 e. The molecule has 0 saturated carbocycles. The standard InChI is InChI=1S/C21H18Br2N4O6/c1-3-11(2)20-25-16-5-4-13(22)8-14(16)21(30)26(20)24-9-12-6-15(23)19(33-10-18(28)29)17(7-12)27(31)32/h4-9,11H,3,10H2,1-2H3,(H,28,29)/t11-/m1/s1. The predicted octanol–water partition coefficient (Wildman–Crippen LogP) is 4.69. The number of rotatable bonds is 8. The molecule has 1 aromatic heterocycles. The maximum absolute atomic E-state index is 13.2. The number of hydrogen-bond acceptors (Lipinski definition) is 7. The van der Waals surface area contributed by atoms with E-state index >= 15 is 0 Å². The van der Waals surface area contributed by atoms with E-state index in [9.17, 15) is 19.7 Å². The second kappa shape index (κ2) is 10.2. The molecule has 0 bridgehead atoms. The minimum Gasteiger partial charge on any atom is -0.479 e. The van der Waals surface area contributed by atoms with E-state index in [1.165, 1.54) is 23.0 Å². The van der Waals surface area contributed by atoms with Crippen LogP contribution in [-0.4, -0.2) is 38.5 Å². The SMILES string of the molecule is CC[C@@H](C)c1nc2ccc(Br)cc2c(=O)n1N=Cc1cc(Br)c(OCC(=O)O)c([N+](=O)[O-])c1. The Hall–Kier alpha value is -3.12. The van der Waals surface area contributed by atoms with Gasteiger partial charge >= 0.3 is 11.7 Å². The Kier molecular flexibility index (Phi) is 7.59. The third-order valence-electron chi connectivity index (χ3n) is 4.79. The van der Waals surface area contributed by atoms with Crippen LogP contribution in [0.25, 0.3) is 10.9 Å². The van der Waals surface area contributed by atoms with Gasteiger partial charge in [0, 0.05) is 22.0 Å². The first-order valence-electron chi connectivity index (χ1n) is 9.71. The van der Waals surface area contributed by atoms with Crippen LogP contribution in [0.4, 0.5) is 5.69 Å². The first-order chi connectivity index (χ1) is 15.6. The summed E-state index contributed by atoms with van der Waals surface area (Å²) < 4.78 is 7.14. The molecule has 1 heterocycles. The van der Waals surface area contributed by atoms with Gasteiger partial charge in [0.25, 0.3) is 5.56 Å². The van der Waals surface area contributed by atoms with Crippen molar-refractivity contribution in [1.29, 1.82) is 0 Å². The van der Waals surface area contributed by atoms with E-state index in [-0.39, 0.29) is 21.7 Å². The van der Waals surface area contributed by atoms with Gasteiger partial charge in [-0.3, -0.25) is 14.9 Å². The van der Waals surface area contributed by atoms with Crippen molar-refractivity contribution in [1.82, 2.24) is 9.66 Å². The Morgan fingerprint density at radius 1 is 1.36 bits per heavy atom. The van der Waals surface area contributed by atoms with Crippen LogP contribution >= 0.6 is 31.9 Å². The number of carboxylic acids is 1. The van der Waals surface area contributed by atoms with Gasteiger partial charge in [-0.1, -0.05) is 29.8 Å². The lowest BCUT2D eigenvalue weighted by Gasteiger charge is -2.14. The lowest BCUT2D eigenvalue weighted by Crippen LogP contribution is -2.23. The second-order valence-electron chi connectivity index (χ2n) is 7.09. The lowest BCUT2D eigenvalue weighted by atomic mass is 10.1. The van der Waals surface area contributed by atoms with Crippen LogP contribution < -0.4 is 10.3 Å². The molecule has 2 aromatic carbocycles. The molecule has 0 fully saturated rings. The molecule has 3 aromatic rings. The Morgan fingerprint density at radius 3 is 2.73 bits per heavy atom. The first-order valence-corrected chi connectivity index (χ1v) is 11.3. The summed E-state index contributed by atoms with van der Waals surface area (Å²) >= 11 is 6.53. The van der Waals surface area contributed by atoms with E-state index in [1.807, 2.05) is 13.8 Å². The van der Waals surface area contributed by atoms with Gasteiger partial charge in [-0.15, -0.1) is 0 Å². The molecule has 1 atom stereocenters. The monoisotopic (exact) mass is 580 g/mol. The summed E-state index contributed by atoms with van der Waals surface area (Å²) in [6.45, 7) is 3.15. The molecule has 0 aliphatic heterocycles. The van der Waals surface area contributed by atoms with Gasteiger partial charge in [0.2, 0.25) is 5.75 Å². The number of hydrogen-bond donors (Lipinski definition) is 1. The van der Waals surface area contributed by atoms with Crippen molar-refractivity contribution in [3.8, 4) is 5.75 Å². The third kappa shape index (κ3) is 5.45. The molecular formula is C21H18Br2N4O6. The van der Waals surface area contributed by atoms with E-state index in [0.717, 1.165) is 10.9 Å². The summed E-state index contributed by atoms with van der Waals surface area (Å²) in [4.78, 5) is 39.4. The fourth-order valence-electron chi connectivity index (χ4n) is 2.99. The van der Waals surface area contributed by atoms with Crippen molar-refractivity contribution >= 4 is 60.6 Å². The minimum absolute atomic E-state index is 0.0734. The van der Waals surface area contributed by atoms with E-state index in [0.29, 0.717) is 22.3 Å². The zero-order valence-electron chi connectivity index (χ0n) is 17.5. The number of carboxylic acid groups (broad SMARTS) is 1. The van der Waals surface area contributed by atoms with Crippen LogP contribution in [0.5, 0.6) is 5.75 Å². The van der Waals surface area contributed by atoms with Crippen LogP contribution in [0.15, 0.2) is 49.2 Å². The van der Waals surface area contributed by atoms with Gasteiger partial charge in [-0.05, 0) is 46.6 Å². The average Bonchev–Trinajstić information content (AvgIpc) is 2.76. The highest BCUT2D eigenvalue weighted by atomic mass is 79.9. The largest absolute Gasteiger partial charge is 0.479 e. The zero-order valence-corrected chi connectivity index (χ0v) is 20.7. The van der Waals surface area contributed by atoms with E-state index in [4.69, 9.17) is 9.84 Å². The van der Waals surface area contributed by atoms with Gasteiger partial charge in [0.15, 0.2) is 6.61 Å². The normalized spacial score (nSPS) is 12.2. The second-order valence-corrected chi connectivity index (χ2v) is 8.86. The van der Waals surface area contributed by atoms with Crippen LogP contribution in [0.3, 0.4) is 0 Å². The molecule has 0 radical (unpaired) electrons. The summed E-state index contributed by atoms with van der Waals surface area (Å²) in [5, 5.41) is 25.0. The molecule has 0 spiro atoms. The van der Waals surface area contributed by atoms with Crippen molar-refractivity contribution in [3.05, 3.63) is 71.1 Å². The number of aliphatic carboxylic acids is 1. The van der Waals surface area contributed by atoms with Gasteiger partial charge < -0.3 is 9.84 Å². The number of nitro groups is 1. The number of aromatic nitrogens is 2. The smallest absolute Gasteiger partial charge is 0.341 e. The van der Waals surface area contributed by atoms with Gasteiger partial charge in [0.1, 0.15) is 5.82 Å². The third-order valence-corrected chi connectivity index (χ3v) is 5.87. The molecule has 1 N–H and O–H groups in total. The molecule has 33 heavy (non-hydrogen) atoms. The quantitative estimate of drug-likeness (QED) is 0.231. The maximum atomic E-state index is 13.2. The van der Waals surface area contributed by atoms with Crippen molar-refractivity contribution in [2.45, 2.75) is 26.2 Å². The summed E-state index contributed by atoms with van der Waals surface area (Å²) in [6, 6.07) is 7.87. The molecule has 0 aliphatic carbocycles. The number of fused-ring (bicyclic) bond motifs is 1. The highest BCUT2D eigenvalue weighted by Crippen LogP contribution is 2.36. The van der Waals surface area contributed by atoms with E-state index < -0.39 is 23.2 Å². The summed E-state index contributed by atoms with van der Waals surface area (Å²) in [5.74, 6) is -1.09. The van der Waals surface area contributed by atoms with Crippen molar-refractivity contribution < 1.29 is 19.6 Å². The van der Waals surface area contributed by atoms with Gasteiger partial charge in [-0.2, -0.15) is 9.78 Å².